The minimum atomic E-state index is -0.402. The van der Waals surface area contributed by atoms with Gasteiger partial charge < -0.3 is 14.2 Å². The van der Waals surface area contributed by atoms with Gasteiger partial charge in [0.1, 0.15) is 6.61 Å². The molecular formula is C16H16BrNO4. The highest BCUT2D eigenvalue weighted by atomic mass is 79.9. The Balaban J connectivity index is 2.22. The van der Waals surface area contributed by atoms with Crippen LogP contribution in [-0.2, 0) is 11.3 Å². The molecule has 0 aliphatic carbocycles. The fraction of sp³-hybridized carbons (Fsp3) is 0.250. The molecule has 0 N–H and O–H groups in total. The Kier molecular flexibility index (Phi) is 5.77. The van der Waals surface area contributed by atoms with E-state index in [-0.39, 0.29) is 0 Å². The number of hydrogen-bond acceptors (Lipinski definition) is 5. The van der Waals surface area contributed by atoms with Gasteiger partial charge in [-0.25, -0.2) is 4.79 Å². The fourth-order valence-corrected chi connectivity index (χ4v) is 2.39. The van der Waals surface area contributed by atoms with Gasteiger partial charge in [-0.3, -0.25) is 4.98 Å². The number of carbonyl (C=O) groups excluding carboxylic acids is 1. The lowest BCUT2D eigenvalue weighted by Crippen LogP contribution is -2.06. The summed E-state index contributed by atoms with van der Waals surface area (Å²) in [4.78, 5) is 15.8. The number of aromatic nitrogens is 1. The molecule has 0 saturated heterocycles. The molecule has 0 saturated carbocycles. The molecule has 6 heteroatoms. The second-order valence-corrected chi connectivity index (χ2v) is 5.21. The molecule has 22 heavy (non-hydrogen) atoms. The van der Waals surface area contributed by atoms with Crippen molar-refractivity contribution in [3.8, 4) is 11.5 Å². The highest BCUT2D eigenvalue weighted by molar-refractivity contribution is 9.10. The van der Waals surface area contributed by atoms with E-state index in [9.17, 15) is 4.79 Å². The van der Waals surface area contributed by atoms with E-state index < -0.39 is 5.97 Å². The van der Waals surface area contributed by atoms with Crippen LogP contribution in [0.3, 0.4) is 0 Å². The lowest BCUT2D eigenvalue weighted by atomic mass is 10.2. The van der Waals surface area contributed by atoms with Gasteiger partial charge in [-0.2, -0.15) is 0 Å². The van der Waals surface area contributed by atoms with E-state index in [1.807, 2.05) is 12.1 Å². The van der Waals surface area contributed by atoms with Gasteiger partial charge in [-0.15, -0.1) is 0 Å². The number of pyridine rings is 1. The summed E-state index contributed by atoms with van der Waals surface area (Å²) in [6.07, 6.45) is 3.43. The Morgan fingerprint density at radius 2 is 2.18 bits per heavy atom. The van der Waals surface area contributed by atoms with Crippen LogP contribution in [-0.4, -0.2) is 24.7 Å². The average Bonchev–Trinajstić information content (AvgIpc) is 2.54. The smallest absolute Gasteiger partial charge is 0.338 e. The summed E-state index contributed by atoms with van der Waals surface area (Å²) in [7, 11) is 1.52. The Labute approximate surface area is 137 Å². The van der Waals surface area contributed by atoms with Gasteiger partial charge in [-0.1, -0.05) is 6.07 Å². The summed E-state index contributed by atoms with van der Waals surface area (Å²) in [5, 5.41) is 0. The molecule has 2 rings (SSSR count). The first-order valence-corrected chi connectivity index (χ1v) is 7.51. The molecule has 2 aromatic rings. The van der Waals surface area contributed by atoms with Crippen molar-refractivity contribution in [2.45, 2.75) is 13.5 Å². The fourth-order valence-electron chi connectivity index (χ4n) is 1.83. The Morgan fingerprint density at radius 1 is 1.36 bits per heavy atom. The van der Waals surface area contributed by atoms with Gasteiger partial charge in [0.15, 0.2) is 11.5 Å². The summed E-state index contributed by atoms with van der Waals surface area (Å²) in [6, 6.07) is 7.01. The Morgan fingerprint density at radius 3 is 2.82 bits per heavy atom. The van der Waals surface area contributed by atoms with E-state index in [4.69, 9.17) is 14.2 Å². The van der Waals surface area contributed by atoms with Crippen LogP contribution in [0.2, 0.25) is 0 Å². The second kappa shape index (κ2) is 7.79. The lowest BCUT2D eigenvalue weighted by molar-refractivity contribution is 0.0525. The van der Waals surface area contributed by atoms with E-state index in [2.05, 4.69) is 20.9 Å². The average molecular weight is 366 g/mol. The first-order chi connectivity index (χ1) is 10.7. The normalized spacial score (nSPS) is 10.1. The number of esters is 1. The third kappa shape index (κ3) is 3.98. The van der Waals surface area contributed by atoms with Crippen LogP contribution in [0.5, 0.6) is 11.5 Å². The van der Waals surface area contributed by atoms with Crippen molar-refractivity contribution in [3.63, 3.8) is 0 Å². The molecule has 0 amide bonds. The van der Waals surface area contributed by atoms with E-state index in [1.165, 1.54) is 7.11 Å². The Bertz CT molecular complexity index is 646. The Hall–Kier alpha value is -2.08. The molecular weight excluding hydrogens is 350 g/mol. The van der Waals surface area contributed by atoms with Gasteiger partial charge in [-0.05, 0) is 41.1 Å². The summed E-state index contributed by atoms with van der Waals surface area (Å²) in [6.45, 7) is 2.43. The van der Waals surface area contributed by atoms with Crippen LogP contribution in [0, 0.1) is 0 Å². The molecule has 1 heterocycles. The molecule has 0 atom stereocenters. The molecule has 0 bridgehead atoms. The van der Waals surface area contributed by atoms with Crippen molar-refractivity contribution in [1.29, 1.82) is 0 Å². The molecule has 0 spiro atoms. The van der Waals surface area contributed by atoms with Crippen molar-refractivity contribution in [2.75, 3.05) is 13.7 Å². The number of nitrogens with zero attached hydrogens (tertiary/aromatic N) is 1. The third-order valence-electron chi connectivity index (χ3n) is 2.85. The minimum Gasteiger partial charge on any atom is -0.493 e. The number of benzene rings is 1. The lowest BCUT2D eigenvalue weighted by Gasteiger charge is -2.14. The largest absolute Gasteiger partial charge is 0.493 e. The summed E-state index contributed by atoms with van der Waals surface area (Å²) < 4.78 is 16.7. The second-order valence-electron chi connectivity index (χ2n) is 4.36. The molecule has 116 valence electrons. The molecule has 0 unspecified atom stereocenters. The summed E-state index contributed by atoms with van der Waals surface area (Å²) >= 11 is 3.40. The van der Waals surface area contributed by atoms with E-state index >= 15 is 0 Å². The van der Waals surface area contributed by atoms with E-state index in [1.54, 1.807) is 31.5 Å². The molecule has 0 radical (unpaired) electrons. The first kappa shape index (κ1) is 16.3. The van der Waals surface area contributed by atoms with Crippen molar-refractivity contribution in [1.82, 2.24) is 4.98 Å². The van der Waals surface area contributed by atoms with Gasteiger partial charge in [0.05, 0.1) is 23.8 Å². The van der Waals surface area contributed by atoms with Crippen molar-refractivity contribution >= 4 is 21.9 Å². The number of carbonyl (C=O) groups is 1. The zero-order valence-electron chi connectivity index (χ0n) is 12.3. The number of halogens is 1. The zero-order valence-corrected chi connectivity index (χ0v) is 13.9. The van der Waals surface area contributed by atoms with Crippen LogP contribution < -0.4 is 9.47 Å². The SMILES string of the molecule is CCOC(=O)c1cc(Br)c(OCc2cccnc2)c(OC)c1. The molecule has 0 aliphatic rings. The van der Waals surface area contributed by atoms with Crippen LogP contribution in [0.25, 0.3) is 0 Å². The van der Waals surface area contributed by atoms with E-state index in [0.29, 0.717) is 34.7 Å². The maximum Gasteiger partial charge on any atom is 0.338 e. The molecule has 1 aromatic heterocycles. The number of hydrogen-bond donors (Lipinski definition) is 0. The maximum atomic E-state index is 11.8. The van der Waals surface area contributed by atoms with Crippen molar-refractivity contribution in [3.05, 3.63) is 52.3 Å². The highest BCUT2D eigenvalue weighted by Crippen LogP contribution is 2.37. The number of ether oxygens (including phenoxy) is 3. The maximum absolute atomic E-state index is 11.8. The monoisotopic (exact) mass is 365 g/mol. The van der Waals surface area contributed by atoms with Crippen molar-refractivity contribution in [2.24, 2.45) is 0 Å². The third-order valence-corrected chi connectivity index (χ3v) is 3.44. The standard InChI is InChI=1S/C16H16BrNO4/c1-3-21-16(19)12-7-13(17)15(14(8-12)20-2)22-10-11-5-4-6-18-9-11/h4-9H,3,10H2,1-2H3. The molecule has 0 fully saturated rings. The highest BCUT2D eigenvalue weighted by Gasteiger charge is 2.16. The molecule has 1 aromatic carbocycles. The van der Waals surface area contributed by atoms with Gasteiger partial charge in [0.25, 0.3) is 0 Å². The van der Waals surface area contributed by atoms with Gasteiger partial charge >= 0.3 is 5.97 Å². The van der Waals surface area contributed by atoms with Crippen LogP contribution in [0.4, 0.5) is 0 Å². The zero-order chi connectivity index (χ0) is 15.9. The van der Waals surface area contributed by atoms with Gasteiger partial charge in [0, 0.05) is 18.0 Å². The molecule has 0 aliphatic heterocycles. The quantitative estimate of drug-likeness (QED) is 0.731. The predicted octanol–water partition coefficient (Wildman–Crippen LogP) is 3.61. The van der Waals surface area contributed by atoms with Crippen LogP contribution in [0.1, 0.15) is 22.8 Å². The van der Waals surface area contributed by atoms with Crippen molar-refractivity contribution < 1.29 is 19.0 Å². The topological polar surface area (TPSA) is 57.7 Å². The summed E-state index contributed by atoms with van der Waals surface area (Å²) in [5.74, 6) is 0.584. The summed E-state index contributed by atoms with van der Waals surface area (Å²) in [5.41, 5.74) is 1.34. The molecule has 5 nitrogen and oxygen atoms in total. The first-order valence-electron chi connectivity index (χ1n) is 6.72. The predicted molar refractivity (Wildman–Crippen MR) is 85.2 cm³/mol. The minimum absolute atomic E-state index is 0.317. The number of methoxy groups -OCH3 is 1. The van der Waals surface area contributed by atoms with Gasteiger partial charge in [0.2, 0.25) is 0 Å². The van der Waals surface area contributed by atoms with Crippen LogP contribution >= 0.6 is 15.9 Å². The van der Waals surface area contributed by atoms with E-state index in [0.717, 1.165) is 5.56 Å². The number of rotatable bonds is 6. The van der Waals surface area contributed by atoms with Crippen LogP contribution in [0.15, 0.2) is 41.1 Å².